The van der Waals surface area contributed by atoms with Crippen molar-refractivity contribution >= 4 is 11.8 Å². The molecule has 0 unspecified atom stereocenters. The zero-order valence-corrected chi connectivity index (χ0v) is 12.8. The number of ketones is 1. The van der Waals surface area contributed by atoms with E-state index in [2.05, 4.69) is 0 Å². The second-order valence-electron chi connectivity index (χ2n) is 5.72. The van der Waals surface area contributed by atoms with Crippen LogP contribution < -0.4 is 10.0 Å². The molecule has 21 heavy (non-hydrogen) atoms. The lowest BCUT2D eigenvalue weighted by Crippen LogP contribution is -3.15. The van der Waals surface area contributed by atoms with Gasteiger partial charge in [-0.1, -0.05) is 0 Å². The highest BCUT2D eigenvalue weighted by molar-refractivity contribution is 6.04. The highest BCUT2D eigenvalue weighted by atomic mass is 16.8. The Morgan fingerprint density at radius 2 is 1.86 bits per heavy atom. The van der Waals surface area contributed by atoms with Gasteiger partial charge in [0.05, 0.1) is 24.6 Å². The van der Waals surface area contributed by atoms with Crippen molar-refractivity contribution in [2.45, 2.75) is 39.5 Å². The number of hydrogen-bond acceptors (Lipinski definition) is 5. The van der Waals surface area contributed by atoms with Crippen LogP contribution in [-0.2, 0) is 19.1 Å². The molecule has 116 valence electrons. The van der Waals surface area contributed by atoms with Gasteiger partial charge in [-0.15, -0.1) is 0 Å². The molecule has 0 aromatic rings. The fourth-order valence-electron chi connectivity index (χ4n) is 2.92. The highest BCUT2D eigenvalue weighted by Gasteiger charge is 2.45. The van der Waals surface area contributed by atoms with Gasteiger partial charge in [-0.25, -0.2) is 4.79 Å². The molecule has 0 fully saturated rings. The number of cyclic esters (lactones) is 1. The Morgan fingerprint density at radius 3 is 2.38 bits per heavy atom. The Balaban J connectivity index is 2.39. The maximum Gasteiger partial charge on any atom is 0.338 e. The van der Waals surface area contributed by atoms with E-state index in [9.17, 15) is 14.7 Å². The zero-order valence-electron chi connectivity index (χ0n) is 12.8. The molecule has 0 saturated carbocycles. The van der Waals surface area contributed by atoms with Crippen molar-refractivity contribution in [3.05, 3.63) is 23.7 Å². The quantitative estimate of drug-likeness (QED) is 0.667. The molecule has 0 bridgehead atoms. The van der Waals surface area contributed by atoms with Gasteiger partial charge < -0.3 is 19.5 Å². The third-order valence-electron chi connectivity index (χ3n) is 3.94. The van der Waals surface area contributed by atoms with Crippen LogP contribution >= 0.6 is 0 Å². The second-order valence-corrected chi connectivity index (χ2v) is 5.72. The maximum absolute atomic E-state index is 12.1. The number of nitrogens with one attached hydrogen (secondary N) is 1. The molecule has 2 atom stereocenters. The molecule has 0 aromatic carbocycles. The van der Waals surface area contributed by atoms with Crippen molar-refractivity contribution in [1.82, 2.24) is 0 Å². The Morgan fingerprint density at radius 1 is 1.24 bits per heavy atom. The van der Waals surface area contributed by atoms with Crippen molar-refractivity contribution in [2.24, 2.45) is 5.92 Å². The third kappa shape index (κ3) is 2.81. The van der Waals surface area contributed by atoms with Crippen LogP contribution in [0.3, 0.4) is 0 Å². The van der Waals surface area contributed by atoms with E-state index in [1.54, 1.807) is 6.08 Å². The normalized spacial score (nSPS) is 28.0. The lowest BCUT2D eigenvalue weighted by molar-refractivity contribution is -0.916. The number of ether oxygens (including phenoxy) is 2. The summed E-state index contributed by atoms with van der Waals surface area (Å²) < 4.78 is 10.2. The number of quaternary nitrogens is 1. The molecule has 1 N–H and O–H groups in total. The van der Waals surface area contributed by atoms with E-state index in [-0.39, 0.29) is 17.4 Å². The van der Waals surface area contributed by atoms with E-state index in [0.29, 0.717) is 0 Å². The molecule has 0 saturated heterocycles. The molecule has 2 rings (SSSR count). The molecule has 0 spiro atoms. The van der Waals surface area contributed by atoms with Crippen molar-refractivity contribution in [2.75, 3.05) is 13.1 Å². The number of likely N-dealkylation sites (N-methyl/N-ethyl adjacent to an activating group) is 1. The number of hydrogen-bond donors (Lipinski definition) is 1. The van der Waals surface area contributed by atoms with Gasteiger partial charge in [-0.3, -0.25) is 4.79 Å². The minimum atomic E-state index is -1.29. The molecule has 0 amide bonds. The van der Waals surface area contributed by atoms with Crippen LogP contribution in [0.4, 0.5) is 0 Å². The number of carbonyl (C=O) groups is 2. The Hall–Kier alpha value is -1.82. The van der Waals surface area contributed by atoms with Crippen molar-refractivity contribution in [1.29, 1.82) is 0 Å². The standard InChI is InChI=1S/C15H21NO5/c1-5-16(6-2)9-7-8-10(17)11(9)12-13(18)20-15(3,4)21-14(12)19/h7-9,11,18H,5-6H2,1-4H3/t9-,11+/m1/s1. The molecular weight excluding hydrogens is 274 g/mol. The zero-order chi connectivity index (χ0) is 15.8. The van der Waals surface area contributed by atoms with Gasteiger partial charge in [0.15, 0.2) is 11.6 Å². The van der Waals surface area contributed by atoms with E-state index in [1.807, 2.05) is 13.8 Å². The topological polar surface area (TPSA) is 80.1 Å². The predicted molar refractivity (Wildman–Crippen MR) is 71.8 cm³/mol. The largest absolute Gasteiger partial charge is 0.575 e. The number of carbonyl (C=O) groups excluding carboxylic acids is 2. The third-order valence-corrected chi connectivity index (χ3v) is 3.94. The van der Waals surface area contributed by atoms with Gasteiger partial charge in [-0.05, 0) is 39.8 Å². The number of allylic oxidation sites excluding steroid dienone is 1. The van der Waals surface area contributed by atoms with Gasteiger partial charge in [0, 0.05) is 0 Å². The van der Waals surface area contributed by atoms with Crippen molar-refractivity contribution in [3.8, 4) is 0 Å². The average Bonchev–Trinajstić information content (AvgIpc) is 2.72. The minimum Gasteiger partial charge on any atom is -0.575 e. The summed E-state index contributed by atoms with van der Waals surface area (Å²) in [4.78, 5) is 25.4. The number of rotatable bonds is 4. The second kappa shape index (κ2) is 5.52. The average molecular weight is 295 g/mol. The molecular formula is C15H21NO5. The molecule has 1 aliphatic heterocycles. The molecule has 0 radical (unpaired) electrons. The Bertz CT molecular complexity index is 516. The van der Waals surface area contributed by atoms with Crippen molar-refractivity contribution in [3.63, 3.8) is 0 Å². The summed E-state index contributed by atoms with van der Waals surface area (Å²) in [5.74, 6) is -3.85. The summed E-state index contributed by atoms with van der Waals surface area (Å²) in [6.07, 6.45) is 3.20. The summed E-state index contributed by atoms with van der Waals surface area (Å²) in [6, 6.07) is -0.233. The maximum atomic E-state index is 12.1. The fourth-order valence-corrected chi connectivity index (χ4v) is 2.92. The van der Waals surface area contributed by atoms with Gasteiger partial charge in [-0.2, -0.15) is 0 Å². The van der Waals surface area contributed by atoms with Crippen LogP contribution in [-0.4, -0.2) is 36.7 Å². The van der Waals surface area contributed by atoms with Crippen LogP contribution in [0.2, 0.25) is 0 Å². The van der Waals surface area contributed by atoms with E-state index < -0.39 is 23.6 Å². The van der Waals surface area contributed by atoms with Gasteiger partial charge >= 0.3 is 5.97 Å². The monoisotopic (exact) mass is 295 g/mol. The first-order valence-electron chi connectivity index (χ1n) is 7.20. The summed E-state index contributed by atoms with van der Waals surface area (Å²) in [6.45, 7) is 8.55. The molecule has 1 heterocycles. The van der Waals surface area contributed by atoms with E-state index in [4.69, 9.17) is 9.47 Å². The van der Waals surface area contributed by atoms with Crippen LogP contribution in [0.15, 0.2) is 23.7 Å². The first kappa shape index (κ1) is 15.6. The van der Waals surface area contributed by atoms with Crippen LogP contribution in [0.5, 0.6) is 0 Å². The molecule has 0 aromatic heterocycles. The van der Waals surface area contributed by atoms with Crippen LogP contribution in [0.1, 0.15) is 27.7 Å². The van der Waals surface area contributed by atoms with E-state index in [0.717, 1.165) is 18.0 Å². The van der Waals surface area contributed by atoms with E-state index >= 15 is 0 Å². The SMILES string of the molecule is CC[NH+](CC)[C@@H]1C=CC(=O)[C@H]1C1=C([O-])OC(C)(C)OC1=O. The lowest BCUT2D eigenvalue weighted by Gasteiger charge is -2.41. The predicted octanol–water partition coefficient (Wildman–Crippen LogP) is -1.08. The molecule has 2 aliphatic rings. The Labute approximate surface area is 124 Å². The summed E-state index contributed by atoms with van der Waals surface area (Å²) in [7, 11) is 0. The fraction of sp³-hybridized carbons (Fsp3) is 0.600. The van der Waals surface area contributed by atoms with Gasteiger partial charge in [0.2, 0.25) is 0 Å². The van der Waals surface area contributed by atoms with Crippen LogP contribution in [0.25, 0.3) is 0 Å². The summed E-state index contributed by atoms with van der Waals surface area (Å²) in [5, 5.41) is 12.1. The van der Waals surface area contributed by atoms with Crippen LogP contribution in [0, 0.1) is 5.92 Å². The van der Waals surface area contributed by atoms with Gasteiger partial charge in [0.25, 0.3) is 0 Å². The Kier molecular flexibility index (Phi) is 4.09. The lowest BCUT2D eigenvalue weighted by atomic mass is 9.90. The van der Waals surface area contributed by atoms with E-state index in [1.165, 1.54) is 19.9 Å². The first-order valence-corrected chi connectivity index (χ1v) is 7.20. The molecule has 1 aliphatic carbocycles. The summed E-state index contributed by atoms with van der Waals surface area (Å²) >= 11 is 0. The van der Waals surface area contributed by atoms with Gasteiger partial charge in [0.1, 0.15) is 12.0 Å². The minimum absolute atomic E-state index is 0.186. The highest BCUT2D eigenvalue weighted by Crippen LogP contribution is 2.32. The summed E-state index contributed by atoms with van der Waals surface area (Å²) in [5.41, 5.74) is -0.186. The smallest absolute Gasteiger partial charge is 0.338 e. The first-order chi connectivity index (χ1) is 9.80. The molecule has 6 nitrogen and oxygen atoms in total. The molecule has 6 heteroatoms. The number of esters is 1. The van der Waals surface area contributed by atoms with Crippen molar-refractivity contribution < 1.29 is 29.1 Å².